The van der Waals surface area contributed by atoms with Gasteiger partial charge < -0.3 is 5.32 Å². The third kappa shape index (κ3) is 4.06. The summed E-state index contributed by atoms with van der Waals surface area (Å²) in [4.78, 5) is 12.7. The molecule has 2 rings (SSSR count). The Kier molecular flexibility index (Phi) is 4.52. The van der Waals surface area contributed by atoms with E-state index in [1.807, 2.05) is 48.2 Å². The van der Waals surface area contributed by atoms with E-state index in [0.717, 1.165) is 16.3 Å². The van der Waals surface area contributed by atoms with Crippen LogP contribution in [-0.2, 0) is 11.3 Å². The number of carbonyl (C=O) groups is 1. The van der Waals surface area contributed by atoms with Crippen LogP contribution in [0.4, 0.5) is 0 Å². The van der Waals surface area contributed by atoms with Crippen molar-refractivity contribution in [1.29, 1.82) is 0 Å². The Hall–Kier alpha value is -1.88. The van der Waals surface area contributed by atoms with Gasteiger partial charge in [-0.2, -0.15) is 5.10 Å². The molecule has 0 fully saturated rings. The van der Waals surface area contributed by atoms with Gasteiger partial charge in [0.15, 0.2) is 0 Å². The molecule has 1 amide bonds. The summed E-state index contributed by atoms with van der Waals surface area (Å²) < 4.78 is 1.90. The molecule has 0 saturated heterocycles. The molecule has 0 aliphatic heterocycles. The first-order valence-corrected chi connectivity index (χ1v) is 7.03. The Balaban J connectivity index is 1.76. The molecule has 1 N–H and O–H groups in total. The summed E-state index contributed by atoms with van der Waals surface area (Å²) in [5, 5.41) is 9.18. The minimum absolute atomic E-state index is 0.0741. The summed E-state index contributed by atoms with van der Waals surface area (Å²) in [6, 6.07) is 5.97. The Morgan fingerprint density at radius 3 is 3.00 bits per heavy atom. The molecule has 2 aromatic heterocycles. The lowest BCUT2D eigenvalue weighted by molar-refractivity contribution is -0.116. The number of hydrogen-bond donors (Lipinski definition) is 1. The SMILES string of the molecule is Cc1cc(C)n(CCNC(=O)/C=C/c2cccs2)n1. The standard InChI is InChI=1S/C14H17N3OS/c1-11-10-12(2)17(16-11)8-7-15-14(18)6-5-13-4-3-9-19-13/h3-6,9-10H,7-8H2,1-2H3,(H,15,18)/b6-5+. The Morgan fingerprint density at radius 2 is 2.37 bits per heavy atom. The summed E-state index contributed by atoms with van der Waals surface area (Å²) in [7, 11) is 0. The highest BCUT2D eigenvalue weighted by atomic mass is 32.1. The van der Waals surface area contributed by atoms with Crippen LogP contribution in [0.5, 0.6) is 0 Å². The second kappa shape index (κ2) is 6.33. The highest BCUT2D eigenvalue weighted by Crippen LogP contribution is 2.09. The molecule has 2 heterocycles. The first-order valence-electron chi connectivity index (χ1n) is 6.15. The highest BCUT2D eigenvalue weighted by Gasteiger charge is 2.01. The van der Waals surface area contributed by atoms with Crippen molar-refractivity contribution in [3.8, 4) is 0 Å². The first-order chi connectivity index (χ1) is 9.15. The topological polar surface area (TPSA) is 46.9 Å². The van der Waals surface area contributed by atoms with E-state index in [0.29, 0.717) is 13.1 Å². The third-order valence-electron chi connectivity index (χ3n) is 2.67. The van der Waals surface area contributed by atoms with E-state index in [9.17, 15) is 4.79 Å². The largest absolute Gasteiger partial charge is 0.351 e. The monoisotopic (exact) mass is 275 g/mol. The number of hydrogen-bond acceptors (Lipinski definition) is 3. The number of rotatable bonds is 5. The maximum atomic E-state index is 11.6. The zero-order chi connectivity index (χ0) is 13.7. The molecule has 100 valence electrons. The smallest absolute Gasteiger partial charge is 0.244 e. The lowest BCUT2D eigenvalue weighted by Gasteiger charge is -2.04. The zero-order valence-corrected chi connectivity index (χ0v) is 11.9. The van der Waals surface area contributed by atoms with E-state index < -0.39 is 0 Å². The molecular weight excluding hydrogens is 258 g/mol. The summed E-state index contributed by atoms with van der Waals surface area (Å²) in [5.74, 6) is -0.0741. The van der Waals surface area contributed by atoms with Crippen LogP contribution in [0.2, 0.25) is 0 Å². The highest BCUT2D eigenvalue weighted by molar-refractivity contribution is 7.10. The Labute approximate surface area is 116 Å². The van der Waals surface area contributed by atoms with Gasteiger partial charge in [0.1, 0.15) is 0 Å². The van der Waals surface area contributed by atoms with Crippen LogP contribution in [0.15, 0.2) is 29.7 Å². The van der Waals surface area contributed by atoms with Crippen molar-refractivity contribution in [2.75, 3.05) is 6.54 Å². The molecule has 0 bridgehead atoms. The Bertz CT molecular complexity index is 570. The third-order valence-corrected chi connectivity index (χ3v) is 3.51. The van der Waals surface area contributed by atoms with Gasteiger partial charge >= 0.3 is 0 Å². The van der Waals surface area contributed by atoms with E-state index in [2.05, 4.69) is 10.4 Å². The van der Waals surface area contributed by atoms with Crippen molar-refractivity contribution < 1.29 is 4.79 Å². The predicted molar refractivity (Wildman–Crippen MR) is 78.1 cm³/mol. The van der Waals surface area contributed by atoms with Crippen LogP contribution in [0.1, 0.15) is 16.3 Å². The van der Waals surface area contributed by atoms with Crippen LogP contribution in [0, 0.1) is 13.8 Å². The van der Waals surface area contributed by atoms with E-state index >= 15 is 0 Å². The van der Waals surface area contributed by atoms with Crippen molar-refractivity contribution >= 4 is 23.3 Å². The van der Waals surface area contributed by atoms with E-state index in [-0.39, 0.29) is 5.91 Å². The molecule has 19 heavy (non-hydrogen) atoms. The van der Waals surface area contributed by atoms with Crippen LogP contribution >= 0.6 is 11.3 Å². The van der Waals surface area contributed by atoms with E-state index in [1.54, 1.807) is 17.4 Å². The van der Waals surface area contributed by atoms with Gasteiger partial charge in [-0.05, 0) is 37.4 Å². The summed E-state index contributed by atoms with van der Waals surface area (Å²) >= 11 is 1.61. The zero-order valence-electron chi connectivity index (χ0n) is 11.1. The van der Waals surface area contributed by atoms with Crippen LogP contribution in [0.25, 0.3) is 6.08 Å². The van der Waals surface area contributed by atoms with E-state index in [1.165, 1.54) is 0 Å². The maximum absolute atomic E-state index is 11.6. The van der Waals surface area contributed by atoms with Gasteiger partial charge in [-0.1, -0.05) is 6.07 Å². The molecule has 0 spiro atoms. The summed E-state index contributed by atoms with van der Waals surface area (Å²) in [6.45, 7) is 5.25. The van der Waals surface area contributed by atoms with Gasteiger partial charge in [-0.25, -0.2) is 0 Å². The van der Waals surface area contributed by atoms with Crippen molar-refractivity contribution in [3.05, 3.63) is 45.9 Å². The average Bonchev–Trinajstić information content (AvgIpc) is 2.97. The van der Waals surface area contributed by atoms with Crippen molar-refractivity contribution in [1.82, 2.24) is 15.1 Å². The number of aryl methyl sites for hydroxylation is 2. The molecule has 0 atom stereocenters. The number of aromatic nitrogens is 2. The van der Waals surface area contributed by atoms with Gasteiger partial charge in [0, 0.05) is 23.2 Å². The fraction of sp³-hybridized carbons (Fsp3) is 0.286. The molecule has 0 aliphatic carbocycles. The number of nitrogens with one attached hydrogen (secondary N) is 1. The van der Waals surface area contributed by atoms with Gasteiger partial charge in [0.05, 0.1) is 12.2 Å². The quantitative estimate of drug-likeness (QED) is 0.852. The molecule has 0 saturated carbocycles. The lowest BCUT2D eigenvalue weighted by Crippen LogP contribution is -2.26. The van der Waals surface area contributed by atoms with Crippen LogP contribution in [0.3, 0.4) is 0 Å². The molecule has 2 aromatic rings. The molecule has 0 radical (unpaired) electrons. The lowest BCUT2D eigenvalue weighted by atomic mass is 10.4. The molecule has 4 nitrogen and oxygen atoms in total. The molecule has 0 aliphatic rings. The summed E-state index contributed by atoms with van der Waals surface area (Å²) in [5.41, 5.74) is 2.11. The number of thiophene rings is 1. The molecule has 5 heteroatoms. The van der Waals surface area contributed by atoms with Crippen molar-refractivity contribution in [3.63, 3.8) is 0 Å². The van der Waals surface area contributed by atoms with Crippen LogP contribution < -0.4 is 5.32 Å². The van der Waals surface area contributed by atoms with Gasteiger partial charge in [0.2, 0.25) is 5.91 Å². The molecular formula is C14H17N3OS. The number of nitrogens with zero attached hydrogens (tertiary/aromatic N) is 2. The van der Waals surface area contributed by atoms with Crippen LogP contribution in [-0.4, -0.2) is 22.2 Å². The Morgan fingerprint density at radius 1 is 1.53 bits per heavy atom. The van der Waals surface area contributed by atoms with Gasteiger partial charge in [-0.3, -0.25) is 9.48 Å². The van der Waals surface area contributed by atoms with Gasteiger partial charge in [0.25, 0.3) is 0 Å². The minimum Gasteiger partial charge on any atom is -0.351 e. The van der Waals surface area contributed by atoms with Gasteiger partial charge in [-0.15, -0.1) is 11.3 Å². The van der Waals surface area contributed by atoms with Crippen molar-refractivity contribution in [2.24, 2.45) is 0 Å². The minimum atomic E-state index is -0.0741. The van der Waals surface area contributed by atoms with E-state index in [4.69, 9.17) is 0 Å². The van der Waals surface area contributed by atoms with Crippen molar-refractivity contribution in [2.45, 2.75) is 20.4 Å². The number of amides is 1. The second-order valence-electron chi connectivity index (χ2n) is 4.29. The average molecular weight is 275 g/mol. The second-order valence-corrected chi connectivity index (χ2v) is 5.27. The first kappa shape index (κ1) is 13.5. The number of carbonyl (C=O) groups excluding carboxylic acids is 1. The fourth-order valence-corrected chi connectivity index (χ4v) is 2.41. The molecule has 0 unspecified atom stereocenters. The molecule has 0 aromatic carbocycles. The normalized spacial score (nSPS) is 11.1. The fourth-order valence-electron chi connectivity index (χ4n) is 1.79. The predicted octanol–water partition coefficient (Wildman–Crippen LogP) is 2.39. The summed E-state index contributed by atoms with van der Waals surface area (Å²) in [6.07, 6.45) is 3.39. The maximum Gasteiger partial charge on any atom is 0.244 e.